The molecule has 0 aliphatic rings. The third-order valence-electron chi connectivity index (χ3n) is 0.845. The molecule has 0 saturated heterocycles. The maximum atomic E-state index is 10.8. The summed E-state index contributed by atoms with van der Waals surface area (Å²) in [7, 11) is 0. The van der Waals surface area contributed by atoms with E-state index in [2.05, 4.69) is 11.3 Å². The Morgan fingerprint density at radius 2 is 2.00 bits per heavy atom. The molecule has 0 rings (SSSR count). The van der Waals surface area contributed by atoms with Crippen LogP contribution >= 0.6 is 46.4 Å². The molecular formula is C7H6Cl4O2. The van der Waals surface area contributed by atoms with E-state index in [0.717, 1.165) is 6.08 Å². The highest BCUT2D eigenvalue weighted by Gasteiger charge is 2.33. The third-order valence-corrected chi connectivity index (χ3v) is 2.19. The lowest BCUT2D eigenvalue weighted by Crippen LogP contribution is -2.25. The summed E-state index contributed by atoms with van der Waals surface area (Å²) in [4.78, 5) is 10.8. The van der Waals surface area contributed by atoms with Gasteiger partial charge < -0.3 is 4.74 Å². The Balaban J connectivity index is 4.07. The molecule has 0 aliphatic heterocycles. The van der Waals surface area contributed by atoms with E-state index in [1.807, 2.05) is 0 Å². The van der Waals surface area contributed by atoms with Crippen molar-refractivity contribution in [2.24, 2.45) is 0 Å². The van der Waals surface area contributed by atoms with Gasteiger partial charge in [-0.05, 0) is 0 Å². The largest absolute Gasteiger partial charge is 0.438 e. The zero-order valence-electron chi connectivity index (χ0n) is 6.34. The molecular weight excluding hydrogens is 258 g/mol. The summed E-state index contributed by atoms with van der Waals surface area (Å²) in [6, 6.07) is 0. The summed E-state index contributed by atoms with van der Waals surface area (Å²) in [6.45, 7) is 3.35. The smallest absolute Gasteiger partial charge is 0.332 e. The SMILES string of the molecule is C=CC=CC(=O)OC(Cl)C(Cl)(Cl)Cl. The summed E-state index contributed by atoms with van der Waals surface area (Å²) in [5.74, 6) is -0.703. The normalized spacial score (nSPS) is 14.2. The maximum absolute atomic E-state index is 10.8. The molecule has 0 radical (unpaired) electrons. The first kappa shape index (κ1) is 13.1. The Hall–Kier alpha value is 0.110. The van der Waals surface area contributed by atoms with Crippen molar-refractivity contribution in [3.63, 3.8) is 0 Å². The second kappa shape index (κ2) is 5.76. The average molecular weight is 264 g/mol. The van der Waals surface area contributed by atoms with Crippen LogP contribution in [0.4, 0.5) is 0 Å². The first-order valence-corrected chi connectivity index (χ1v) is 4.65. The van der Waals surface area contributed by atoms with E-state index in [4.69, 9.17) is 46.4 Å². The minimum Gasteiger partial charge on any atom is -0.438 e. The predicted molar refractivity (Wildman–Crippen MR) is 55.4 cm³/mol. The van der Waals surface area contributed by atoms with E-state index in [1.54, 1.807) is 0 Å². The Morgan fingerprint density at radius 3 is 2.38 bits per heavy atom. The van der Waals surface area contributed by atoms with Crippen molar-refractivity contribution >= 4 is 52.4 Å². The van der Waals surface area contributed by atoms with E-state index in [9.17, 15) is 4.79 Å². The molecule has 0 aromatic rings. The second-order valence-electron chi connectivity index (χ2n) is 1.89. The van der Waals surface area contributed by atoms with Crippen LogP contribution in [0.15, 0.2) is 24.8 Å². The lowest BCUT2D eigenvalue weighted by Gasteiger charge is -2.16. The van der Waals surface area contributed by atoms with Crippen molar-refractivity contribution in [2.75, 3.05) is 0 Å². The van der Waals surface area contributed by atoms with Gasteiger partial charge in [-0.15, -0.1) is 0 Å². The van der Waals surface area contributed by atoms with Gasteiger partial charge in [-0.25, -0.2) is 4.79 Å². The molecule has 0 fully saturated rings. The van der Waals surface area contributed by atoms with Gasteiger partial charge in [-0.1, -0.05) is 65.1 Å². The number of alkyl halides is 4. The topological polar surface area (TPSA) is 26.3 Å². The summed E-state index contributed by atoms with van der Waals surface area (Å²) in [5, 5.41) is 0. The van der Waals surface area contributed by atoms with Gasteiger partial charge in [-0.3, -0.25) is 0 Å². The van der Waals surface area contributed by atoms with Crippen molar-refractivity contribution < 1.29 is 9.53 Å². The third kappa shape index (κ3) is 6.22. The molecule has 0 spiro atoms. The number of carbonyl (C=O) groups excluding carboxylic acids is 1. The van der Waals surface area contributed by atoms with Crippen LogP contribution in [0, 0.1) is 0 Å². The van der Waals surface area contributed by atoms with Crippen LogP contribution in [0.2, 0.25) is 0 Å². The first-order chi connectivity index (χ1) is 5.88. The summed E-state index contributed by atoms with van der Waals surface area (Å²) < 4.78 is 2.68. The minimum absolute atomic E-state index is 0.703. The van der Waals surface area contributed by atoms with Crippen molar-refractivity contribution in [2.45, 2.75) is 9.36 Å². The summed E-state index contributed by atoms with van der Waals surface area (Å²) in [6.07, 6.45) is 3.89. The Bertz CT molecular complexity index is 219. The number of rotatable bonds is 3. The molecule has 0 heterocycles. The Kier molecular flexibility index (Phi) is 5.81. The summed E-state index contributed by atoms with van der Waals surface area (Å²) >= 11 is 21.4. The Labute approximate surface area is 96.0 Å². The highest BCUT2D eigenvalue weighted by atomic mass is 35.6. The van der Waals surface area contributed by atoms with Gasteiger partial charge in [0.25, 0.3) is 0 Å². The van der Waals surface area contributed by atoms with Crippen molar-refractivity contribution in [1.29, 1.82) is 0 Å². The highest BCUT2D eigenvalue weighted by molar-refractivity contribution is 6.70. The van der Waals surface area contributed by atoms with Crippen LogP contribution in [0.1, 0.15) is 0 Å². The van der Waals surface area contributed by atoms with E-state index in [1.165, 1.54) is 12.2 Å². The number of hydrogen-bond acceptors (Lipinski definition) is 2. The van der Waals surface area contributed by atoms with Gasteiger partial charge in [0.1, 0.15) is 0 Å². The van der Waals surface area contributed by atoms with Crippen LogP contribution in [-0.4, -0.2) is 15.3 Å². The van der Waals surface area contributed by atoms with Gasteiger partial charge in [0, 0.05) is 6.08 Å². The molecule has 1 atom stereocenters. The molecule has 0 aliphatic carbocycles. The maximum Gasteiger partial charge on any atom is 0.332 e. The molecule has 74 valence electrons. The fraction of sp³-hybridized carbons (Fsp3) is 0.286. The zero-order chi connectivity index (χ0) is 10.5. The van der Waals surface area contributed by atoms with Crippen LogP contribution in [0.5, 0.6) is 0 Å². The highest BCUT2D eigenvalue weighted by Crippen LogP contribution is 2.34. The van der Waals surface area contributed by atoms with Gasteiger partial charge >= 0.3 is 5.97 Å². The predicted octanol–water partition coefficient (Wildman–Crippen LogP) is 3.21. The molecule has 0 aromatic carbocycles. The minimum atomic E-state index is -1.83. The number of carbonyl (C=O) groups is 1. The van der Waals surface area contributed by atoms with Gasteiger partial charge in [-0.2, -0.15) is 0 Å². The van der Waals surface area contributed by atoms with E-state index in [-0.39, 0.29) is 0 Å². The molecule has 1 unspecified atom stereocenters. The molecule has 0 bridgehead atoms. The van der Waals surface area contributed by atoms with Crippen LogP contribution in [0.25, 0.3) is 0 Å². The Morgan fingerprint density at radius 1 is 1.46 bits per heavy atom. The monoisotopic (exact) mass is 262 g/mol. The van der Waals surface area contributed by atoms with Crippen LogP contribution in [0.3, 0.4) is 0 Å². The lowest BCUT2D eigenvalue weighted by molar-refractivity contribution is -0.139. The zero-order valence-corrected chi connectivity index (χ0v) is 9.37. The lowest BCUT2D eigenvalue weighted by atomic mass is 10.5. The fourth-order valence-corrected chi connectivity index (χ4v) is 0.576. The molecule has 0 N–H and O–H groups in total. The van der Waals surface area contributed by atoms with E-state index in [0.29, 0.717) is 0 Å². The number of halogens is 4. The van der Waals surface area contributed by atoms with Crippen LogP contribution in [-0.2, 0) is 9.53 Å². The standard InChI is InChI=1S/C7H6Cl4O2/c1-2-3-4-5(12)13-6(8)7(9,10)11/h2-4,6H,1H2. The number of allylic oxidation sites excluding steroid dienone is 2. The van der Waals surface area contributed by atoms with Gasteiger partial charge in [0.05, 0.1) is 0 Å². The molecule has 0 amide bonds. The fourth-order valence-electron chi connectivity index (χ4n) is 0.355. The molecule has 0 aromatic heterocycles. The number of ether oxygens (including phenoxy) is 1. The van der Waals surface area contributed by atoms with Gasteiger partial charge in [0.15, 0.2) is 0 Å². The van der Waals surface area contributed by atoms with E-state index < -0.39 is 15.3 Å². The van der Waals surface area contributed by atoms with Crippen molar-refractivity contribution in [1.82, 2.24) is 0 Å². The number of hydrogen-bond donors (Lipinski definition) is 0. The molecule has 13 heavy (non-hydrogen) atoms. The van der Waals surface area contributed by atoms with E-state index >= 15 is 0 Å². The second-order valence-corrected chi connectivity index (χ2v) is 4.65. The van der Waals surface area contributed by atoms with Crippen molar-refractivity contribution in [3.8, 4) is 0 Å². The number of esters is 1. The molecule has 2 nitrogen and oxygen atoms in total. The van der Waals surface area contributed by atoms with Crippen LogP contribution < -0.4 is 0 Å². The molecule has 6 heteroatoms. The first-order valence-electron chi connectivity index (χ1n) is 3.08. The summed E-state index contributed by atoms with van der Waals surface area (Å²) in [5.41, 5.74) is -1.32. The van der Waals surface area contributed by atoms with Gasteiger partial charge in [0.2, 0.25) is 9.36 Å². The van der Waals surface area contributed by atoms with Crippen molar-refractivity contribution in [3.05, 3.63) is 24.8 Å². The average Bonchev–Trinajstić information content (AvgIpc) is 1.99. The quantitative estimate of drug-likeness (QED) is 0.338. The molecule has 0 saturated carbocycles.